The van der Waals surface area contributed by atoms with Crippen molar-refractivity contribution in [3.63, 3.8) is 0 Å². The van der Waals surface area contributed by atoms with Gasteiger partial charge in [-0.2, -0.15) is 0 Å². The number of hydrogen-bond acceptors (Lipinski definition) is 2. The summed E-state index contributed by atoms with van der Waals surface area (Å²) in [5, 5.41) is 2.71. The minimum atomic E-state index is -0.0435. The molecule has 0 bridgehead atoms. The topological polar surface area (TPSA) is 12.5 Å². The average molecular weight is 300 g/mol. The number of rotatable bonds is 4. The Morgan fingerprint density at radius 1 is 1.05 bits per heavy atom. The molecule has 1 aliphatic rings. The quantitative estimate of drug-likeness (QED) is 0.768. The lowest BCUT2D eigenvalue weighted by Crippen LogP contribution is -2.28. The van der Waals surface area contributed by atoms with Gasteiger partial charge >= 0.3 is 0 Å². The van der Waals surface area contributed by atoms with Crippen molar-refractivity contribution in [1.82, 2.24) is 5.06 Å². The summed E-state index contributed by atoms with van der Waals surface area (Å²) in [4.78, 5) is 5.78. The maximum atomic E-state index is 6.39. The standard InChI is InChI=1S/C18H18ClNO/c1-2-17(14-9-5-3-6-10-14)20-18(16(19)13-21-20)15-11-7-4-8-12-15/h3-13,17-18H,2H2,1H3. The second kappa shape index (κ2) is 6.33. The Hall–Kier alpha value is -1.77. The Morgan fingerprint density at radius 3 is 2.29 bits per heavy atom. The van der Waals surface area contributed by atoms with E-state index in [9.17, 15) is 0 Å². The van der Waals surface area contributed by atoms with Gasteiger partial charge in [0.25, 0.3) is 0 Å². The highest BCUT2D eigenvalue weighted by molar-refractivity contribution is 6.30. The van der Waals surface area contributed by atoms with E-state index in [1.807, 2.05) is 29.3 Å². The van der Waals surface area contributed by atoms with E-state index < -0.39 is 0 Å². The van der Waals surface area contributed by atoms with Crippen LogP contribution in [0.1, 0.15) is 36.6 Å². The van der Waals surface area contributed by atoms with Crippen LogP contribution in [0.5, 0.6) is 0 Å². The van der Waals surface area contributed by atoms with Gasteiger partial charge in [0.2, 0.25) is 0 Å². The van der Waals surface area contributed by atoms with Crippen molar-refractivity contribution in [3.05, 3.63) is 83.1 Å². The average Bonchev–Trinajstić information content (AvgIpc) is 2.92. The first-order valence-electron chi connectivity index (χ1n) is 7.22. The third-order valence-corrected chi connectivity index (χ3v) is 4.09. The summed E-state index contributed by atoms with van der Waals surface area (Å²) in [5.74, 6) is 0. The summed E-state index contributed by atoms with van der Waals surface area (Å²) in [5.41, 5.74) is 2.38. The fourth-order valence-corrected chi connectivity index (χ4v) is 3.05. The molecule has 3 heteroatoms. The van der Waals surface area contributed by atoms with Crippen LogP contribution in [-0.2, 0) is 4.84 Å². The molecule has 0 N–H and O–H groups in total. The zero-order valence-electron chi connectivity index (χ0n) is 11.9. The highest BCUT2D eigenvalue weighted by Crippen LogP contribution is 2.42. The van der Waals surface area contributed by atoms with Gasteiger partial charge in [-0.25, -0.2) is 0 Å². The number of benzene rings is 2. The van der Waals surface area contributed by atoms with Gasteiger partial charge < -0.3 is 4.84 Å². The third kappa shape index (κ3) is 2.82. The molecule has 1 aliphatic heterocycles. The summed E-state index contributed by atoms with van der Waals surface area (Å²) in [6.45, 7) is 2.16. The number of halogens is 1. The van der Waals surface area contributed by atoms with Crippen LogP contribution in [0.4, 0.5) is 0 Å². The Morgan fingerprint density at radius 2 is 1.67 bits per heavy atom. The molecule has 0 fully saturated rings. The van der Waals surface area contributed by atoms with E-state index in [0.717, 1.165) is 17.0 Å². The van der Waals surface area contributed by atoms with Crippen LogP contribution in [-0.4, -0.2) is 5.06 Å². The smallest absolute Gasteiger partial charge is 0.128 e. The molecule has 2 nitrogen and oxygen atoms in total. The lowest BCUT2D eigenvalue weighted by molar-refractivity contribution is -0.142. The summed E-state index contributed by atoms with van der Waals surface area (Å²) in [6.07, 6.45) is 2.59. The van der Waals surface area contributed by atoms with E-state index in [2.05, 4.69) is 43.3 Å². The van der Waals surface area contributed by atoms with Crippen molar-refractivity contribution < 1.29 is 4.84 Å². The van der Waals surface area contributed by atoms with Crippen molar-refractivity contribution >= 4 is 11.6 Å². The molecule has 2 aromatic carbocycles. The Labute approximate surface area is 130 Å². The molecule has 0 aromatic heterocycles. The fourth-order valence-electron chi connectivity index (χ4n) is 2.79. The van der Waals surface area contributed by atoms with Crippen molar-refractivity contribution in [2.45, 2.75) is 25.4 Å². The molecule has 0 spiro atoms. The van der Waals surface area contributed by atoms with Gasteiger partial charge in [-0.1, -0.05) is 79.2 Å². The lowest BCUT2D eigenvalue weighted by Gasteiger charge is -2.31. The minimum Gasteiger partial charge on any atom is -0.411 e. The monoisotopic (exact) mass is 299 g/mol. The summed E-state index contributed by atoms with van der Waals surface area (Å²) in [7, 11) is 0. The fraction of sp³-hybridized carbons (Fsp3) is 0.222. The Bertz CT molecular complexity index is 612. The molecular weight excluding hydrogens is 282 g/mol. The van der Waals surface area contributed by atoms with E-state index in [4.69, 9.17) is 16.4 Å². The molecule has 2 aromatic rings. The van der Waals surface area contributed by atoms with Gasteiger partial charge in [-0.05, 0) is 17.5 Å². The third-order valence-electron chi connectivity index (χ3n) is 3.80. The van der Waals surface area contributed by atoms with Gasteiger partial charge in [0, 0.05) is 0 Å². The van der Waals surface area contributed by atoms with Gasteiger partial charge in [0.05, 0.1) is 11.1 Å². The molecule has 3 rings (SSSR count). The van der Waals surface area contributed by atoms with Crippen LogP contribution >= 0.6 is 11.6 Å². The summed E-state index contributed by atoms with van der Waals surface area (Å²) in [6, 6.07) is 20.8. The van der Waals surface area contributed by atoms with Crippen molar-refractivity contribution in [2.75, 3.05) is 0 Å². The van der Waals surface area contributed by atoms with Gasteiger partial charge in [-0.3, -0.25) is 0 Å². The number of hydroxylamine groups is 2. The molecule has 0 aliphatic carbocycles. The predicted molar refractivity (Wildman–Crippen MR) is 85.5 cm³/mol. The zero-order valence-corrected chi connectivity index (χ0v) is 12.7. The maximum Gasteiger partial charge on any atom is 0.128 e. The largest absolute Gasteiger partial charge is 0.411 e. The number of nitrogens with zero attached hydrogens (tertiary/aromatic N) is 1. The van der Waals surface area contributed by atoms with Gasteiger partial charge in [0.15, 0.2) is 0 Å². The normalized spacial score (nSPS) is 19.9. The molecule has 0 saturated heterocycles. The zero-order chi connectivity index (χ0) is 14.7. The molecule has 2 unspecified atom stereocenters. The molecular formula is C18H18ClNO. The van der Waals surface area contributed by atoms with Crippen LogP contribution in [0.15, 0.2) is 72.0 Å². The second-order valence-electron chi connectivity index (χ2n) is 5.12. The maximum absolute atomic E-state index is 6.39. The first-order valence-corrected chi connectivity index (χ1v) is 7.59. The van der Waals surface area contributed by atoms with Crippen molar-refractivity contribution in [1.29, 1.82) is 0 Å². The Balaban J connectivity index is 1.94. The first kappa shape index (κ1) is 14.2. The van der Waals surface area contributed by atoms with Crippen LogP contribution in [0, 0.1) is 0 Å². The predicted octanol–water partition coefficient (Wildman–Crippen LogP) is 5.21. The van der Waals surface area contributed by atoms with E-state index in [-0.39, 0.29) is 12.1 Å². The van der Waals surface area contributed by atoms with Crippen LogP contribution in [0.3, 0.4) is 0 Å². The van der Waals surface area contributed by atoms with Gasteiger partial charge in [0.1, 0.15) is 12.3 Å². The molecule has 2 atom stereocenters. The van der Waals surface area contributed by atoms with Crippen LogP contribution in [0.25, 0.3) is 0 Å². The highest BCUT2D eigenvalue weighted by atomic mass is 35.5. The molecule has 21 heavy (non-hydrogen) atoms. The van der Waals surface area contributed by atoms with E-state index in [0.29, 0.717) is 0 Å². The first-order chi connectivity index (χ1) is 10.3. The molecule has 0 amide bonds. The summed E-state index contributed by atoms with van der Waals surface area (Å²) < 4.78 is 0. The van der Waals surface area contributed by atoms with Crippen LogP contribution < -0.4 is 0 Å². The lowest BCUT2D eigenvalue weighted by atomic mass is 10.00. The van der Waals surface area contributed by atoms with Crippen molar-refractivity contribution in [2.24, 2.45) is 0 Å². The van der Waals surface area contributed by atoms with Gasteiger partial charge in [-0.15, -0.1) is 5.06 Å². The molecule has 0 radical (unpaired) electrons. The van der Waals surface area contributed by atoms with Crippen molar-refractivity contribution in [3.8, 4) is 0 Å². The highest BCUT2D eigenvalue weighted by Gasteiger charge is 2.35. The van der Waals surface area contributed by atoms with E-state index >= 15 is 0 Å². The SMILES string of the molecule is CCC(c1ccccc1)N1OC=C(Cl)C1c1ccccc1. The Kier molecular flexibility index (Phi) is 4.28. The van der Waals surface area contributed by atoms with E-state index in [1.54, 1.807) is 6.26 Å². The summed E-state index contributed by atoms with van der Waals surface area (Å²) >= 11 is 6.39. The van der Waals surface area contributed by atoms with E-state index in [1.165, 1.54) is 5.56 Å². The molecule has 108 valence electrons. The minimum absolute atomic E-state index is 0.0435. The molecule has 1 heterocycles. The second-order valence-corrected chi connectivity index (χ2v) is 5.55. The van der Waals surface area contributed by atoms with Crippen LogP contribution in [0.2, 0.25) is 0 Å². The molecule has 0 saturated carbocycles. The number of hydrogen-bond donors (Lipinski definition) is 0.